The lowest BCUT2D eigenvalue weighted by atomic mass is 10.1. The Morgan fingerprint density at radius 2 is 2.00 bits per heavy atom. The molecule has 0 radical (unpaired) electrons. The van der Waals surface area contributed by atoms with Crippen LogP contribution in [0, 0.1) is 0 Å². The second-order valence-electron chi connectivity index (χ2n) is 5.52. The Kier molecular flexibility index (Phi) is 3.42. The maximum absolute atomic E-state index is 5.43. The summed E-state index contributed by atoms with van der Waals surface area (Å²) in [6, 6.07) is 6.19. The summed E-state index contributed by atoms with van der Waals surface area (Å²) in [7, 11) is 0. The average molecular weight is 286 g/mol. The van der Waals surface area contributed by atoms with Gasteiger partial charge in [-0.3, -0.25) is 4.90 Å². The molecule has 21 heavy (non-hydrogen) atoms. The van der Waals surface area contributed by atoms with E-state index in [1.54, 1.807) is 0 Å². The molecule has 2 aliphatic heterocycles. The van der Waals surface area contributed by atoms with Gasteiger partial charge in [0.05, 0.1) is 19.8 Å². The minimum Gasteiger partial charge on any atom is -0.372 e. The number of nitrogens with one attached hydrogen (secondary N) is 1. The number of hydrogen-bond donors (Lipinski definition) is 1. The molecule has 0 amide bonds. The number of hydrogen-bond acceptors (Lipinski definition) is 6. The van der Waals surface area contributed by atoms with Crippen molar-refractivity contribution in [2.24, 2.45) is 0 Å². The third-order valence-corrected chi connectivity index (χ3v) is 4.01. The minimum atomic E-state index is 0.592. The Morgan fingerprint density at radius 1 is 1.14 bits per heavy atom. The first kappa shape index (κ1) is 12.9. The van der Waals surface area contributed by atoms with E-state index in [0.29, 0.717) is 19.1 Å². The van der Waals surface area contributed by atoms with Gasteiger partial charge in [-0.15, -0.1) is 0 Å². The van der Waals surface area contributed by atoms with Crippen molar-refractivity contribution in [3.63, 3.8) is 0 Å². The van der Waals surface area contributed by atoms with E-state index in [1.807, 2.05) is 6.07 Å². The fourth-order valence-corrected chi connectivity index (χ4v) is 2.81. The number of nitrogens with zero attached hydrogens (tertiary/aromatic N) is 3. The van der Waals surface area contributed by atoms with Gasteiger partial charge < -0.3 is 14.6 Å². The molecule has 2 aliphatic rings. The average Bonchev–Trinajstić information content (AvgIpc) is 3.16. The van der Waals surface area contributed by atoms with Crippen LogP contribution in [-0.2, 0) is 24.5 Å². The van der Waals surface area contributed by atoms with Crippen LogP contribution in [0.4, 0.5) is 0 Å². The zero-order valence-corrected chi connectivity index (χ0v) is 11.8. The molecule has 1 aromatic carbocycles. The first-order chi connectivity index (χ1) is 10.4. The fraction of sp³-hybridized carbons (Fsp3) is 0.467. The predicted molar refractivity (Wildman–Crippen MR) is 76.4 cm³/mol. The highest BCUT2D eigenvalue weighted by molar-refractivity contribution is 5.56. The summed E-state index contributed by atoms with van der Waals surface area (Å²) in [6.45, 7) is 6.23. The first-order valence-electron chi connectivity index (χ1n) is 7.34. The van der Waals surface area contributed by atoms with Gasteiger partial charge in [-0.1, -0.05) is 11.2 Å². The normalized spacial score (nSPS) is 18.9. The van der Waals surface area contributed by atoms with Gasteiger partial charge in [-0.25, -0.2) is 0 Å². The van der Waals surface area contributed by atoms with E-state index in [0.717, 1.165) is 44.1 Å². The van der Waals surface area contributed by atoms with Crippen LogP contribution in [0.5, 0.6) is 0 Å². The van der Waals surface area contributed by atoms with E-state index in [-0.39, 0.29) is 0 Å². The summed E-state index contributed by atoms with van der Waals surface area (Å²) in [6.07, 6.45) is 0. The fourth-order valence-electron chi connectivity index (χ4n) is 2.81. The topological polar surface area (TPSA) is 63.4 Å². The largest absolute Gasteiger partial charge is 0.372 e. The lowest BCUT2D eigenvalue weighted by molar-refractivity contribution is 0.134. The van der Waals surface area contributed by atoms with E-state index in [9.17, 15) is 0 Å². The van der Waals surface area contributed by atoms with Gasteiger partial charge in [0.1, 0.15) is 0 Å². The molecule has 2 aromatic rings. The molecule has 1 saturated heterocycles. The predicted octanol–water partition coefficient (Wildman–Crippen LogP) is 1.17. The van der Waals surface area contributed by atoms with Crippen LogP contribution in [-0.4, -0.2) is 41.2 Å². The Bertz CT molecular complexity index is 634. The third kappa shape index (κ3) is 2.70. The molecule has 4 rings (SSSR count). The molecule has 1 aromatic heterocycles. The Morgan fingerprint density at radius 3 is 2.90 bits per heavy atom. The molecule has 1 N–H and O–H groups in total. The summed E-state index contributed by atoms with van der Waals surface area (Å²) in [4.78, 5) is 6.85. The molecule has 1 fully saturated rings. The molecule has 0 saturated carbocycles. The molecule has 0 unspecified atom stereocenters. The molecule has 0 bridgehead atoms. The standard InChI is InChI=1S/C15H18N4O2/c1-2-12-9-20-10-13(12)7-11(1)15-17-14(18-21-15)8-19-5-3-16-4-6-19/h1-2,7,16H,3-6,8-10H2. The van der Waals surface area contributed by atoms with Gasteiger partial charge in [0.15, 0.2) is 5.82 Å². The monoisotopic (exact) mass is 286 g/mol. The van der Waals surface area contributed by atoms with Crippen molar-refractivity contribution < 1.29 is 9.26 Å². The van der Waals surface area contributed by atoms with Crippen LogP contribution in [0.15, 0.2) is 22.7 Å². The first-order valence-corrected chi connectivity index (χ1v) is 7.34. The van der Waals surface area contributed by atoms with Crippen molar-refractivity contribution in [2.45, 2.75) is 19.8 Å². The van der Waals surface area contributed by atoms with Gasteiger partial charge >= 0.3 is 0 Å². The molecular weight excluding hydrogens is 268 g/mol. The summed E-state index contributed by atoms with van der Waals surface area (Å²) >= 11 is 0. The number of aromatic nitrogens is 2. The van der Waals surface area contributed by atoms with Gasteiger partial charge in [0.2, 0.25) is 0 Å². The molecule has 3 heterocycles. The molecule has 6 nitrogen and oxygen atoms in total. The van der Waals surface area contributed by atoms with Crippen molar-refractivity contribution in [2.75, 3.05) is 26.2 Å². The quantitative estimate of drug-likeness (QED) is 0.914. The number of benzene rings is 1. The smallest absolute Gasteiger partial charge is 0.257 e. The van der Waals surface area contributed by atoms with Crippen molar-refractivity contribution in [1.82, 2.24) is 20.4 Å². The van der Waals surface area contributed by atoms with Gasteiger partial charge in [0.25, 0.3) is 5.89 Å². The molecule has 0 atom stereocenters. The number of fused-ring (bicyclic) bond motifs is 1. The van der Waals surface area contributed by atoms with Crippen LogP contribution in [0.2, 0.25) is 0 Å². The highest BCUT2D eigenvalue weighted by Gasteiger charge is 2.17. The minimum absolute atomic E-state index is 0.592. The zero-order valence-electron chi connectivity index (χ0n) is 11.8. The third-order valence-electron chi connectivity index (χ3n) is 4.01. The van der Waals surface area contributed by atoms with Crippen LogP contribution >= 0.6 is 0 Å². The number of piperazine rings is 1. The van der Waals surface area contributed by atoms with Crippen molar-refractivity contribution >= 4 is 0 Å². The van der Waals surface area contributed by atoms with Gasteiger partial charge in [0, 0.05) is 31.7 Å². The summed E-state index contributed by atoms with van der Waals surface area (Å²) in [5.41, 5.74) is 3.44. The van der Waals surface area contributed by atoms with Crippen LogP contribution in [0.25, 0.3) is 11.5 Å². The number of ether oxygens (including phenoxy) is 1. The van der Waals surface area contributed by atoms with E-state index in [4.69, 9.17) is 9.26 Å². The Labute approximate surface area is 123 Å². The van der Waals surface area contributed by atoms with Crippen LogP contribution < -0.4 is 5.32 Å². The van der Waals surface area contributed by atoms with Gasteiger partial charge in [-0.05, 0) is 23.3 Å². The number of rotatable bonds is 3. The van der Waals surface area contributed by atoms with Crippen molar-refractivity contribution in [3.05, 3.63) is 35.2 Å². The Balaban J connectivity index is 1.51. The highest BCUT2D eigenvalue weighted by Crippen LogP contribution is 2.26. The molecular formula is C15H18N4O2. The Hall–Kier alpha value is -1.76. The van der Waals surface area contributed by atoms with Crippen molar-refractivity contribution in [3.8, 4) is 11.5 Å². The van der Waals surface area contributed by atoms with E-state index < -0.39 is 0 Å². The molecule has 0 aliphatic carbocycles. The lowest BCUT2D eigenvalue weighted by Crippen LogP contribution is -2.43. The second kappa shape index (κ2) is 5.55. The van der Waals surface area contributed by atoms with E-state index in [2.05, 4.69) is 32.5 Å². The van der Waals surface area contributed by atoms with E-state index in [1.165, 1.54) is 11.1 Å². The van der Waals surface area contributed by atoms with Crippen LogP contribution in [0.3, 0.4) is 0 Å². The highest BCUT2D eigenvalue weighted by atomic mass is 16.5. The maximum Gasteiger partial charge on any atom is 0.257 e. The summed E-state index contributed by atoms with van der Waals surface area (Å²) in [5.74, 6) is 1.35. The SMILES string of the molecule is c1cc2c(cc1-c1nc(CN3CCNCC3)no1)COC2. The lowest BCUT2D eigenvalue weighted by Gasteiger charge is -2.25. The van der Waals surface area contributed by atoms with E-state index >= 15 is 0 Å². The molecule has 0 spiro atoms. The molecule has 110 valence electrons. The van der Waals surface area contributed by atoms with Crippen LogP contribution in [0.1, 0.15) is 17.0 Å². The maximum atomic E-state index is 5.43. The second-order valence-corrected chi connectivity index (χ2v) is 5.52. The summed E-state index contributed by atoms with van der Waals surface area (Å²) in [5, 5.41) is 7.44. The van der Waals surface area contributed by atoms with Crippen molar-refractivity contribution in [1.29, 1.82) is 0 Å². The molecule has 6 heteroatoms. The van der Waals surface area contributed by atoms with Gasteiger partial charge in [-0.2, -0.15) is 4.98 Å². The zero-order chi connectivity index (χ0) is 14.1. The summed E-state index contributed by atoms with van der Waals surface area (Å²) < 4.78 is 10.8.